The predicted molar refractivity (Wildman–Crippen MR) is 114 cm³/mol. The summed E-state index contributed by atoms with van der Waals surface area (Å²) >= 11 is 0. The van der Waals surface area contributed by atoms with Gasteiger partial charge in [0.05, 0.1) is 12.1 Å². The van der Waals surface area contributed by atoms with Crippen LogP contribution in [-0.2, 0) is 19.2 Å². The molecule has 31 heavy (non-hydrogen) atoms. The number of aliphatic hydroxyl groups is 1. The number of carboxylic acids is 1. The van der Waals surface area contributed by atoms with Gasteiger partial charge in [0.2, 0.25) is 17.7 Å². The highest BCUT2D eigenvalue weighted by atomic mass is 16.4. The maximum Gasteiger partial charge on any atom is 0.326 e. The number of hydrogen-bond donors (Lipinski definition) is 8. The van der Waals surface area contributed by atoms with Crippen LogP contribution in [0.3, 0.4) is 0 Å². The third kappa shape index (κ3) is 10.6. The van der Waals surface area contributed by atoms with E-state index in [-0.39, 0.29) is 31.3 Å². The van der Waals surface area contributed by atoms with Crippen LogP contribution in [-0.4, -0.2) is 76.7 Å². The van der Waals surface area contributed by atoms with E-state index in [4.69, 9.17) is 17.2 Å². The highest BCUT2D eigenvalue weighted by Gasteiger charge is 2.33. The molecule has 0 heterocycles. The van der Waals surface area contributed by atoms with E-state index in [1.165, 1.54) is 13.8 Å². The summed E-state index contributed by atoms with van der Waals surface area (Å²) in [5, 5.41) is 26.4. The number of carboxylic acid groups (broad SMARTS) is 1. The first kappa shape index (κ1) is 28.1. The Morgan fingerprint density at radius 3 is 1.84 bits per heavy atom. The molecule has 0 radical (unpaired) electrons. The van der Waals surface area contributed by atoms with Crippen LogP contribution < -0.4 is 33.2 Å². The maximum absolute atomic E-state index is 12.6. The maximum atomic E-state index is 12.6. The van der Waals surface area contributed by atoms with Crippen molar-refractivity contribution < 1.29 is 29.4 Å². The van der Waals surface area contributed by atoms with Gasteiger partial charge in [-0.05, 0) is 32.6 Å². The Bertz CT molecular complexity index is 662. The van der Waals surface area contributed by atoms with Crippen LogP contribution in [0.25, 0.3) is 0 Å². The van der Waals surface area contributed by atoms with E-state index in [2.05, 4.69) is 20.9 Å². The number of hydrogen-bond acceptors (Lipinski definition) is 7. The molecule has 0 rings (SSSR count). The summed E-state index contributed by atoms with van der Waals surface area (Å²) in [6, 6.07) is -4.58. The van der Waals surface area contributed by atoms with Gasteiger partial charge in [0.15, 0.2) is 5.96 Å². The highest BCUT2D eigenvalue weighted by Crippen LogP contribution is 2.06. The second kappa shape index (κ2) is 13.4. The zero-order valence-corrected chi connectivity index (χ0v) is 18.3. The Morgan fingerprint density at radius 1 is 0.903 bits per heavy atom. The fourth-order valence-electron chi connectivity index (χ4n) is 2.49. The second-order valence-corrected chi connectivity index (χ2v) is 7.59. The molecule has 5 atom stereocenters. The van der Waals surface area contributed by atoms with E-state index in [1.807, 2.05) is 0 Å². The Kier molecular flexibility index (Phi) is 12.1. The Morgan fingerprint density at radius 2 is 1.42 bits per heavy atom. The largest absolute Gasteiger partial charge is 0.480 e. The van der Waals surface area contributed by atoms with E-state index >= 15 is 0 Å². The number of carbonyl (C=O) groups excluding carboxylic acids is 3. The number of nitrogens with two attached hydrogens (primary N) is 3. The fraction of sp³-hybridized carbons (Fsp3) is 0.722. The molecule has 0 aromatic carbocycles. The summed E-state index contributed by atoms with van der Waals surface area (Å²) in [5.74, 6) is -3.94. The first-order chi connectivity index (χ1) is 14.3. The van der Waals surface area contributed by atoms with Crippen molar-refractivity contribution in [3.63, 3.8) is 0 Å². The first-order valence-corrected chi connectivity index (χ1v) is 9.90. The van der Waals surface area contributed by atoms with Crippen molar-refractivity contribution in [3.05, 3.63) is 0 Å². The van der Waals surface area contributed by atoms with E-state index in [0.29, 0.717) is 0 Å². The molecule has 0 spiro atoms. The topological polar surface area (TPSA) is 235 Å². The molecule has 0 aliphatic carbocycles. The summed E-state index contributed by atoms with van der Waals surface area (Å²) in [6.07, 6.45) is -1.03. The lowest BCUT2D eigenvalue weighted by Crippen LogP contribution is -2.60. The molecule has 0 saturated carbocycles. The van der Waals surface area contributed by atoms with Crippen molar-refractivity contribution in [2.24, 2.45) is 28.1 Å². The summed E-state index contributed by atoms with van der Waals surface area (Å²) in [4.78, 5) is 52.3. The van der Waals surface area contributed by atoms with Gasteiger partial charge in [-0.25, -0.2) is 4.79 Å². The number of aliphatic hydroxyl groups excluding tert-OH is 1. The number of rotatable bonds is 13. The SMILES string of the molecule is CC(N)C(=O)NC(C(=O)NC(C(=O)NC(CCCN=C(N)N)C(=O)O)C(C)O)C(C)C. The summed E-state index contributed by atoms with van der Waals surface area (Å²) in [6.45, 7) is 6.26. The van der Waals surface area contributed by atoms with Crippen molar-refractivity contribution in [2.45, 2.75) is 70.8 Å². The lowest BCUT2D eigenvalue weighted by molar-refractivity contribution is -0.143. The van der Waals surface area contributed by atoms with Gasteiger partial charge in [0.1, 0.15) is 18.1 Å². The van der Waals surface area contributed by atoms with Crippen LogP contribution in [0.2, 0.25) is 0 Å². The van der Waals surface area contributed by atoms with Gasteiger partial charge in [-0.3, -0.25) is 19.4 Å². The van der Waals surface area contributed by atoms with Gasteiger partial charge in [0, 0.05) is 6.54 Å². The minimum absolute atomic E-state index is 0.0252. The second-order valence-electron chi connectivity index (χ2n) is 7.59. The quantitative estimate of drug-likeness (QED) is 0.0815. The first-order valence-electron chi connectivity index (χ1n) is 9.90. The number of aliphatic imine (C=N–C) groups is 1. The minimum atomic E-state index is -1.44. The van der Waals surface area contributed by atoms with Crippen molar-refractivity contribution in [1.29, 1.82) is 0 Å². The van der Waals surface area contributed by atoms with E-state index < -0.39 is 54.0 Å². The van der Waals surface area contributed by atoms with Crippen LogP contribution in [0.1, 0.15) is 40.5 Å². The van der Waals surface area contributed by atoms with Gasteiger partial charge in [-0.2, -0.15) is 0 Å². The molecule has 0 aromatic heterocycles. The van der Waals surface area contributed by atoms with Crippen LogP contribution >= 0.6 is 0 Å². The van der Waals surface area contributed by atoms with Crippen molar-refractivity contribution in [1.82, 2.24) is 16.0 Å². The smallest absolute Gasteiger partial charge is 0.326 e. The van der Waals surface area contributed by atoms with Crippen molar-refractivity contribution in [2.75, 3.05) is 6.54 Å². The van der Waals surface area contributed by atoms with E-state index in [0.717, 1.165) is 0 Å². The molecule has 0 aliphatic heterocycles. The third-order valence-corrected chi connectivity index (χ3v) is 4.28. The Hall–Kier alpha value is -2.93. The molecule has 13 nitrogen and oxygen atoms in total. The monoisotopic (exact) mass is 445 g/mol. The highest BCUT2D eigenvalue weighted by molar-refractivity contribution is 5.94. The van der Waals surface area contributed by atoms with Gasteiger partial charge < -0.3 is 43.4 Å². The zero-order chi connectivity index (χ0) is 24.3. The average molecular weight is 446 g/mol. The minimum Gasteiger partial charge on any atom is -0.480 e. The van der Waals surface area contributed by atoms with Crippen LogP contribution in [0.4, 0.5) is 0 Å². The Balaban J connectivity index is 5.23. The fourth-order valence-corrected chi connectivity index (χ4v) is 2.49. The Labute approximate surface area is 181 Å². The molecule has 0 aromatic rings. The van der Waals surface area contributed by atoms with Gasteiger partial charge in [0.25, 0.3) is 0 Å². The normalized spacial score (nSPS) is 15.7. The van der Waals surface area contributed by atoms with E-state index in [9.17, 15) is 29.4 Å². The molecule has 5 unspecified atom stereocenters. The molecule has 178 valence electrons. The number of nitrogens with zero attached hydrogens (tertiary/aromatic N) is 1. The number of amides is 3. The zero-order valence-electron chi connectivity index (χ0n) is 18.3. The molecular weight excluding hydrogens is 410 g/mol. The lowest BCUT2D eigenvalue weighted by Gasteiger charge is -2.27. The number of carbonyl (C=O) groups is 4. The molecule has 0 bridgehead atoms. The van der Waals surface area contributed by atoms with E-state index in [1.54, 1.807) is 13.8 Å². The van der Waals surface area contributed by atoms with Crippen LogP contribution in [0.5, 0.6) is 0 Å². The molecule has 0 saturated heterocycles. The van der Waals surface area contributed by atoms with Crippen molar-refractivity contribution >= 4 is 29.7 Å². The molecule has 13 heteroatoms. The summed E-state index contributed by atoms with van der Waals surface area (Å²) < 4.78 is 0. The van der Waals surface area contributed by atoms with Crippen LogP contribution in [0, 0.1) is 5.92 Å². The van der Waals surface area contributed by atoms with Crippen molar-refractivity contribution in [3.8, 4) is 0 Å². The molecule has 11 N–H and O–H groups in total. The predicted octanol–water partition coefficient (Wildman–Crippen LogP) is -3.04. The van der Waals surface area contributed by atoms with Gasteiger partial charge in [-0.1, -0.05) is 13.8 Å². The average Bonchev–Trinajstić information content (AvgIpc) is 2.64. The van der Waals surface area contributed by atoms with Gasteiger partial charge in [-0.15, -0.1) is 0 Å². The number of nitrogens with one attached hydrogen (secondary N) is 3. The molecule has 0 fully saturated rings. The lowest BCUT2D eigenvalue weighted by atomic mass is 10.0. The molecule has 0 aliphatic rings. The third-order valence-electron chi connectivity index (χ3n) is 4.28. The van der Waals surface area contributed by atoms with Gasteiger partial charge >= 0.3 is 5.97 Å². The standard InChI is InChI=1S/C18H35N7O6/c1-8(2)12(24-14(27)9(3)19)15(28)25-13(10(4)26)16(29)23-11(17(30)31)6-5-7-22-18(20)21/h8-13,26H,5-7,19H2,1-4H3,(H,23,29)(H,24,27)(H,25,28)(H,30,31)(H4,20,21,22). The number of aliphatic carboxylic acids is 1. The molecule has 3 amide bonds. The summed E-state index contributed by atoms with van der Waals surface area (Å²) in [7, 11) is 0. The molecular formula is C18H35N7O6. The number of guanidine groups is 1. The summed E-state index contributed by atoms with van der Waals surface area (Å²) in [5.41, 5.74) is 15.9. The van der Waals surface area contributed by atoms with Crippen LogP contribution in [0.15, 0.2) is 4.99 Å².